The predicted molar refractivity (Wildman–Crippen MR) is 109 cm³/mol. The third kappa shape index (κ3) is 3.34. The number of carbonyl (C=O) groups is 1. The zero-order chi connectivity index (χ0) is 19.9. The van der Waals surface area contributed by atoms with Crippen molar-refractivity contribution in [3.8, 4) is 0 Å². The van der Waals surface area contributed by atoms with Gasteiger partial charge in [-0.25, -0.2) is 8.42 Å². The molecule has 2 aromatic rings. The summed E-state index contributed by atoms with van der Waals surface area (Å²) in [7, 11) is -3.68. The Kier molecular flexibility index (Phi) is 5.04. The van der Waals surface area contributed by atoms with Crippen LogP contribution in [0.5, 0.6) is 0 Å². The molecule has 0 aromatic heterocycles. The van der Waals surface area contributed by atoms with Gasteiger partial charge in [0.05, 0.1) is 10.6 Å². The van der Waals surface area contributed by atoms with Crippen molar-refractivity contribution in [3.63, 3.8) is 0 Å². The number of hydrogen-bond donors (Lipinski definition) is 0. The molecule has 1 amide bonds. The van der Waals surface area contributed by atoms with Gasteiger partial charge < -0.3 is 4.90 Å². The number of benzene rings is 2. The first-order valence-corrected chi connectivity index (χ1v) is 10.6. The normalized spacial score (nSPS) is 16.3. The molecule has 6 heteroatoms. The average molecular weight is 387 g/mol. The van der Waals surface area contributed by atoms with Gasteiger partial charge >= 0.3 is 0 Å². The number of amides is 1. The molecule has 5 nitrogen and oxygen atoms in total. The number of carbonyl (C=O) groups excluding carboxylic acids is 1. The lowest BCUT2D eigenvalue weighted by molar-refractivity contribution is -0.116. The van der Waals surface area contributed by atoms with E-state index < -0.39 is 10.0 Å². The molecule has 0 saturated carbocycles. The van der Waals surface area contributed by atoms with Crippen molar-refractivity contribution in [3.05, 3.63) is 53.1 Å². The van der Waals surface area contributed by atoms with Crippen molar-refractivity contribution in [1.82, 2.24) is 0 Å². The highest BCUT2D eigenvalue weighted by molar-refractivity contribution is 7.92. The Morgan fingerprint density at radius 2 is 1.85 bits per heavy atom. The summed E-state index contributed by atoms with van der Waals surface area (Å²) in [6.45, 7) is 9.67. The summed E-state index contributed by atoms with van der Waals surface area (Å²) in [5.41, 5.74) is 4.56. The second-order valence-corrected chi connectivity index (χ2v) is 9.03. The van der Waals surface area contributed by atoms with Crippen LogP contribution in [0, 0.1) is 13.8 Å². The van der Waals surface area contributed by atoms with Crippen molar-refractivity contribution in [1.29, 1.82) is 0 Å². The standard InChI is InChI=1S/C21H26N2O3S/c1-6-22(19-8-7-14(2)15(3)11-19)27(25,26)20-9-10-21-18(13-20)12-16(4)23(21)17(5)24/h7-11,13,16H,6,12H2,1-5H3. The first-order chi connectivity index (χ1) is 12.7. The SMILES string of the molecule is CCN(c1ccc(C)c(C)c1)S(=O)(=O)c1ccc2c(c1)CC(C)N2C(C)=O. The number of hydrogen-bond acceptors (Lipinski definition) is 3. The van der Waals surface area contributed by atoms with E-state index in [1.807, 2.05) is 45.9 Å². The summed E-state index contributed by atoms with van der Waals surface area (Å²) in [4.78, 5) is 13.9. The first-order valence-electron chi connectivity index (χ1n) is 9.19. The molecule has 1 unspecified atom stereocenters. The second kappa shape index (κ2) is 7.00. The third-order valence-corrected chi connectivity index (χ3v) is 7.16. The van der Waals surface area contributed by atoms with Crippen LogP contribution < -0.4 is 9.21 Å². The molecule has 27 heavy (non-hydrogen) atoms. The minimum atomic E-state index is -3.68. The van der Waals surface area contributed by atoms with E-state index in [9.17, 15) is 13.2 Å². The number of fused-ring (bicyclic) bond motifs is 1. The van der Waals surface area contributed by atoms with Gasteiger partial charge in [0.25, 0.3) is 10.0 Å². The minimum absolute atomic E-state index is 0.0258. The number of anilines is 2. The topological polar surface area (TPSA) is 57.7 Å². The van der Waals surface area contributed by atoms with E-state index in [1.165, 1.54) is 11.2 Å². The van der Waals surface area contributed by atoms with Crippen LogP contribution in [-0.4, -0.2) is 26.9 Å². The Labute approximate surface area is 161 Å². The van der Waals surface area contributed by atoms with Crippen molar-refractivity contribution < 1.29 is 13.2 Å². The zero-order valence-electron chi connectivity index (χ0n) is 16.5. The largest absolute Gasteiger partial charge is 0.309 e. The summed E-state index contributed by atoms with van der Waals surface area (Å²) in [6, 6.07) is 10.8. The van der Waals surface area contributed by atoms with Crippen molar-refractivity contribution in [2.24, 2.45) is 0 Å². The van der Waals surface area contributed by atoms with Crippen LogP contribution in [0.4, 0.5) is 11.4 Å². The molecule has 0 saturated heterocycles. The molecule has 0 fully saturated rings. The molecule has 0 radical (unpaired) electrons. The van der Waals surface area contributed by atoms with Crippen LogP contribution >= 0.6 is 0 Å². The highest BCUT2D eigenvalue weighted by Gasteiger charge is 2.31. The van der Waals surface area contributed by atoms with E-state index in [2.05, 4.69) is 0 Å². The van der Waals surface area contributed by atoms with E-state index in [0.29, 0.717) is 18.7 Å². The molecule has 1 heterocycles. The molecule has 1 atom stereocenters. The maximum atomic E-state index is 13.3. The Balaban J connectivity index is 2.03. The summed E-state index contributed by atoms with van der Waals surface area (Å²) in [5, 5.41) is 0. The fourth-order valence-corrected chi connectivity index (χ4v) is 5.26. The highest BCUT2D eigenvalue weighted by Crippen LogP contribution is 2.35. The van der Waals surface area contributed by atoms with Gasteiger partial charge in [0, 0.05) is 25.2 Å². The van der Waals surface area contributed by atoms with Gasteiger partial charge in [0.1, 0.15) is 0 Å². The molecule has 144 valence electrons. The maximum Gasteiger partial charge on any atom is 0.264 e. The van der Waals surface area contributed by atoms with E-state index in [0.717, 1.165) is 22.4 Å². The second-order valence-electron chi connectivity index (χ2n) is 7.17. The molecule has 1 aliphatic heterocycles. The summed E-state index contributed by atoms with van der Waals surface area (Å²) < 4.78 is 28.0. The Bertz CT molecular complexity index is 998. The van der Waals surface area contributed by atoms with E-state index in [1.54, 1.807) is 23.1 Å². The lowest BCUT2D eigenvalue weighted by Crippen LogP contribution is -2.33. The Hall–Kier alpha value is -2.34. The number of rotatable bonds is 4. The van der Waals surface area contributed by atoms with Gasteiger partial charge in [-0.3, -0.25) is 9.10 Å². The molecule has 1 aliphatic rings. The lowest BCUT2D eigenvalue weighted by Gasteiger charge is -2.24. The van der Waals surface area contributed by atoms with Crippen LogP contribution in [0.1, 0.15) is 37.5 Å². The smallest absolute Gasteiger partial charge is 0.264 e. The number of aryl methyl sites for hydroxylation is 2. The van der Waals surface area contributed by atoms with Crippen LogP contribution in [0.2, 0.25) is 0 Å². The molecule has 0 aliphatic carbocycles. The summed E-state index contributed by atoms with van der Waals surface area (Å²) >= 11 is 0. The molecule has 0 spiro atoms. The van der Waals surface area contributed by atoms with Crippen molar-refractivity contribution >= 4 is 27.3 Å². The summed E-state index contributed by atoms with van der Waals surface area (Å²) in [6.07, 6.45) is 0.661. The van der Waals surface area contributed by atoms with E-state index in [-0.39, 0.29) is 16.8 Å². The first kappa shape index (κ1) is 19.4. The van der Waals surface area contributed by atoms with E-state index >= 15 is 0 Å². The van der Waals surface area contributed by atoms with Gasteiger partial charge in [0.2, 0.25) is 5.91 Å². The minimum Gasteiger partial charge on any atom is -0.309 e. The van der Waals surface area contributed by atoms with Gasteiger partial charge in [-0.2, -0.15) is 0 Å². The maximum absolute atomic E-state index is 13.3. The molecular weight excluding hydrogens is 360 g/mol. The van der Waals surface area contributed by atoms with Gasteiger partial charge in [-0.15, -0.1) is 0 Å². The van der Waals surface area contributed by atoms with Crippen LogP contribution in [-0.2, 0) is 21.2 Å². The Morgan fingerprint density at radius 1 is 1.15 bits per heavy atom. The quantitative estimate of drug-likeness (QED) is 0.803. The van der Waals surface area contributed by atoms with Crippen molar-refractivity contribution in [2.45, 2.75) is 52.0 Å². The number of sulfonamides is 1. The highest BCUT2D eigenvalue weighted by atomic mass is 32.2. The molecule has 3 rings (SSSR count). The molecule has 0 N–H and O–H groups in total. The van der Waals surface area contributed by atoms with Crippen molar-refractivity contribution in [2.75, 3.05) is 15.7 Å². The third-order valence-electron chi connectivity index (χ3n) is 5.26. The van der Waals surface area contributed by atoms with Crippen LogP contribution in [0.15, 0.2) is 41.3 Å². The predicted octanol–water partition coefficient (Wildman–Crippen LogP) is 3.82. The van der Waals surface area contributed by atoms with Gasteiger partial charge in [-0.05, 0) is 81.1 Å². The summed E-state index contributed by atoms with van der Waals surface area (Å²) in [5.74, 6) is -0.0258. The van der Waals surface area contributed by atoms with E-state index in [4.69, 9.17) is 0 Å². The van der Waals surface area contributed by atoms with Gasteiger partial charge in [-0.1, -0.05) is 6.07 Å². The fourth-order valence-electron chi connectivity index (χ4n) is 3.75. The molecular formula is C21H26N2O3S. The molecule has 0 bridgehead atoms. The zero-order valence-corrected chi connectivity index (χ0v) is 17.3. The average Bonchev–Trinajstić information content (AvgIpc) is 2.93. The molecule has 2 aromatic carbocycles. The fraction of sp³-hybridized carbons (Fsp3) is 0.381. The lowest BCUT2D eigenvalue weighted by atomic mass is 10.1. The van der Waals surface area contributed by atoms with Crippen LogP contribution in [0.3, 0.4) is 0 Å². The van der Waals surface area contributed by atoms with Gasteiger partial charge in [0.15, 0.2) is 0 Å². The Morgan fingerprint density at radius 3 is 2.44 bits per heavy atom. The number of nitrogens with zero attached hydrogens (tertiary/aromatic N) is 2. The van der Waals surface area contributed by atoms with Crippen LogP contribution in [0.25, 0.3) is 0 Å². The monoisotopic (exact) mass is 386 g/mol.